The van der Waals surface area contributed by atoms with Crippen molar-refractivity contribution >= 4 is 6.29 Å². The van der Waals surface area contributed by atoms with Crippen molar-refractivity contribution in [3.8, 4) is 0 Å². The molecule has 0 aromatic rings. The second-order valence-electron chi connectivity index (χ2n) is 3.60. The maximum atomic E-state index is 10.5. The summed E-state index contributed by atoms with van der Waals surface area (Å²) in [5, 5.41) is 8.61. The number of carbonyl (C=O) groups is 1. The van der Waals surface area contributed by atoms with Crippen LogP contribution in [0.15, 0.2) is 11.6 Å². The Kier molecular flexibility index (Phi) is 9.98. The molecular formula is C12H22O2. The van der Waals surface area contributed by atoms with Gasteiger partial charge in [-0.25, -0.2) is 0 Å². The molecule has 0 fully saturated rings. The van der Waals surface area contributed by atoms with Gasteiger partial charge in [0, 0.05) is 0 Å². The molecule has 0 aliphatic rings. The zero-order valence-electron chi connectivity index (χ0n) is 9.17. The lowest BCUT2D eigenvalue weighted by Crippen LogP contribution is -1.88. The van der Waals surface area contributed by atoms with Gasteiger partial charge in [0.05, 0.1) is 6.61 Å². The van der Waals surface area contributed by atoms with Crippen LogP contribution in [0.2, 0.25) is 0 Å². The Labute approximate surface area is 87.0 Å². The van der Waals surface area contributed by atoms with Crippen LogP contribution in [-0.2, 0) is 4.79 Å². The number of unbranched alkanes of at least 4 members (excludes halogenated alkanes) is 5. The summed E-state index contributed by atoms with van der Waals surface area (Å²) in [4.78, 5) is 10.5. The first-order valence-corrected chi connectivity index (χ1v) is 5.60. The summed E-state index contributed by atoms with van der Waals surface area (Å²) in [5.41, 5.74) is 0.739. The van der Waals surface area contributed by atoms with Crippen LogP contribution in [0.25, 0.3) is 0 Å². The molecule has 2 heteroatoms. The minimum Gasteiger partial charge on any atom is -0.392 e. The van der Waals surface area contributed by atoms with Crippen molar-refractivity contribution < 1.29 is 9.90 Å². The Hall–Kier alpha value is -0.630. The van der Waals surface area contributed by atoms with Crippen molar-refractivity contribution in [3.05, 3.63) is 11.6 Å². The van der Waals surface area contributed by atoms with Crippen LogP contribution in [0.3, 0.4) is 0 Å². The Morgan fingerprint density at radius 2 is 1.79 bits per heavy atom. The van der Waals surface area contributed by atoms with Crippen molar-refractivity contribution in [2.45, 2.75) is 51.9 Å². The van der Waals surface area contributed by atoms with Gasteiger partial charge in [0.15, 0.2) is 0 Å². The molecule has 0 aromatic carbocycles. The Balaban J connectivity index is 3.33. The Morgan fingerprint density at radius 3 is 2.36 bits per heavy atom. The smallest absolute Gasteiger partial charge is 0.145 e. The molecule has 0 saturated carbocycles. The predicted octanol–water partition coefficient (Wildman–Crippen LogP) is 2.85. The quantitative estimate of drug-likeness (QED) is 0.351. The van der Waals surface area contributed by atoms with E-state index in [4.69, 9.17) is 5.11 Å². The van der Waals surface area contributed by atoms with E-state index in [9.17, 15) is 4.79 Å². The first-order valence-electron chi connectivity index (χ1n) is 5.60. The number of aldehydes is 1. The van der Waals surface area contributed by atoms with Crippen LogP contribution in [0.4, 0.5) is 0 Å². The van der Waals surface area contributed by atoms with Crippen LogP contribution in [0.5, 0.6) is 0 Å². The fraction of sp³-hybridized carbons (Fsp3) is 0.750. The summed E-state index contributed by atoms with van der Waals surface area (Å²) >= 11 is 0. The highest BCUT2D eigenvalue weighted by Gasteiger charge is 1.95. The Morgan fingerprint density at radius 1 is 1.14 bits per heavy atom. The van der Waals surface area contributed by atoms with Gasteiger partial charge in [0.25, 0.3) is 0 Å². The van der Waals surface area contributed by atoms with Crippen molar-refractivity contribution in [2.24, 2.45) is 0 Å². The topological polar surface area (TPSA) is 37.3 Å². The molecule has 0 saturated heterocycles. The van der Waals surface area contributed by atoms with Gasteiger partial charge in [-0.2, -0.15) is 0 Å². The van der Waals surface area contributed by atoms with Gasteiger partial charge in [-0.3, -0.25) is 4.79 Å². The number of aliphatic hydroxyl groups excluding tert-OH is 1. The lowest BCUT2D eigenvalue weighted by molar-refractivity contribution is -0.105. The summed E-state index contributed by atoms with van der Waals surface area (Å²) in [7, 11) is 0. The summed E-state index contributed by atoms with van der Waals surface area (Å²) in [6, 6.07) is 0. The minimum atomic E-state index is -0.0239. The lowest BCUT2D eigenvalue weighted by Gasteiger charge is -2.00. The van der Waals surface area contributed by atoms with E-state index in [1.165, 1.54) is 32.1 Å². The summed E-state index contributed by atoms with van der Waals surface area (Å²) in [6.07, 6.45) is 10.7. The predicted molar refractivity (Wildman–Crippen MR) is 59.2 cm³/mol. The van der Waals surface area contributed by atoms with Crippen molar-refractivity contribution in [2.75, 3.05) is 6.61 Å². The first kappa shape index (κ1) is 13.4. The summed E-state index contributed by atoms with van der Waals surface area (Å²) in [6.45, 7) is 2.18. The fourth-order valence-corrected chi connectivity index (χ4v) is 1.44. The molecular weight excluding hydrogens is 176 g/mol. The molecule has 82 valence electrons. The SMILES string of the molecule is CCCCCCCC/C(C=O)=C/CO. The monoisotopic (exact) mass is 198 g/mol. The van der Waals surface area contributed by atoms with Gasteiger partial charge in [0.2, 0.25) is 0 Å². The summed E-state index contributed by atoms with van der Waals surface area (Å²) < 4.78 is 0. The van der Waals surface area contributed by atoms with E-state index in [0.717, 1.165) is 24.7 Å². The van der Waals surface area contributed by atoms with E-state index in [1.54, 1.807) is 6.08 Å². The highest BCUT2D eigenvalue weighted by molar-refractivity contribution is 5.72. The van der Waals surface area contributed by atoms with Gasteiger partial charge < -0.3 is 5.11 Å². The maximum absolute atomic E-state index is 10.5. The van der Waals surface area contributed by atoms with Gasteiger partial charge in [0.1, 0.15) is 6.29 Å². The normalized spacial score (nSPS) is 11.7. The fourth-order valence-electron chi connectivity index (χ4n) is 1.44. The van der Waals surface area contributed by atoms with E-state index in [1.807, 2.05) is 0 Å². The van der Waals surface area contributed by atoms with Crippen LogP contribution < -0.4 is 0 Å². The lowest BCUT2D eigenvalue weighted by atomic mass is 10.1. The molecule has 0 radical (unpaired) electrons. The third-order valence-electron chi connectivity index (χ3n) is 2.32. The van der Waals surface area contributed by atoms with Gasteiger partial charge in [-0.05, 0) is 18.4 Å². The van der Waals surface area contributed by atoms with Gasteiger partial charge >= 0.3 is 0 Å². The average Bonchev–Trinajstić information content (AvgIpc) is 2.21. The Bertz CT molecular complexity index is 162. The third-order valence-corrected chi connectivity index (χ3v) is 2.32. The van der Waals surface area contributed by atoms with Gasteiger partial charge in [-0.15, -0.1) is 0 Å². The van der Waals surface area contributed by atoms with Crippen LogP contribution in [0, 0.1) is 0 Å². The second kappa shape index (κ2) is 10.5. The zero-order valence-corrected chi connectivity index (χ0v) is 9.17. The molecule has 14 heavy (non-hydrogen) atoms. The first-order chi connectivity index (χ1) is 6.85. The van der Waals surface area contributed by atoms with Gasteiger partial charge in [-0.1, -0.05) is 45.1 Å². The molecule has 0 aliphatic carbocycles. The molecule has 0 aromatic heterocycles. The van der Waals surface area contributed by atoms with E-state index in [-0.39, 0.29) is 6.61 Å². The number of carbonyl (C=O) groups excluding carboxylic acids is 1. The highest BCUT2D eigenvalue weighted by Crippen LogP contribution is 2.10. The second-order valence-corrected chi connectivity index (χ2v) is 3.60. The largest absolute Gasteiger partial charge is 0.392 e. The molecule has 0 unspecified atom stereocenters. The number of aliphatic hydroxyl groups is 1. The number of hydrogen-bond acceptors (Lipinski definition) is 2. The molecule has 0 bridgehead atoms. The van der Waals surface area contributed by atoms with Crippen LogP contribution in [0.1, 0.15) is 51.9 Å². The molecule has 0 amide bonds. The number of rotatable bonds is 9. The molecule has 0 spiro atoms. The van der Waals surface area contributed by atoms with Crippen LogP contribution >= 0.6 is 0 Å². The highest BCUT2D eigenvalue weighted by atomic mass is 16.2. The maximum Gasteiger partial charge on any atom is 0.145 e. The zero-order chi connectivity index (χ0) is 10.6. The molecule has 0 heterocycles. The molecule has 0 aliphatic heterocycles. The van der Waals surface area contributed by atoms with E-state index < -0.39 is 0 Å². The van der Waals surface area contributed by atoms with Crippen molar-refractivity contribution in [3.63, 3.8) is 0 Å². The van der Waals surface area contributed by atoms with E-state index in [0.29, 0.717) is 0 Å². The van der Waals surface area contributed by atoms with E-state index in [2.05, 4.69) is 6.92 Å². The standard InChI is InChI=1S/C12H22O2/c1-2-3-4-5-6-7-8-12(11-14)9-10-13/h9,11,13H,2-8,10H2,1H3/b12-9-. The molecule has 2 nitrogen and oxygen atoms in total. The molecule has 0 rings (SSSR count). The summed E-state index contributed by atoms with van der Waals surface area (Å²) in [5.74, 6) is 0. The van der Waals surface area contributed by atoms with Crippen molar-refractivity contribution in [1.82, 2.24) is 0 Å². The van der Waals surface area contributed by atoms with Crippen LogP contribution in [-0.4, -0.2) is 18.0 Å². The molecule has 1 N–H and O–H groups in total. The van der Waals surface area contributed by atoms with E-state index >= 15 is 0 Å². The average molecular weight is 198 g/mol. The number of allylic oxidation sites excluding steroid dienone is 1. The minimum absolute atomic E-state index is 0.0239. The number of hydrogen-bond donors (Lipinski definition) is 1. The van der Waals surface area contributed by atoms with Crippen molar-refractivity contribution in [1.29, 1.82) is 0 Å². The third kappa shape index (κ3) is 7.99. The molecule has 0 atom stereocenters.